The Morgan fingerprint density at radius 3 is 2.91 bits per heavy atom. The second kappa shape index (κ2) is 3.93. The molecule has 60 valence electrons. The molecule has 0 amide bonds. The maximum Gasteiger partial charge on any atom is 0.137 e. The van der Waals surface area contributed by atoms with Crippen LogP contribution in [0.2, 0.25) is 0 Å². The van der Waals surface area contributed by atoms with Crippen molar-refractivity contribution < 1.29 is 10.2 Å². The largest absolute Gasteiger partial charge is 0.506 e. The second-order valence-corrected chi connectivity index (χ2v) is 2.33. The second-order valence-electron chi connectivity index (χ2n) is 2.33. The normalized spacial score (nSPS) is 9.91. The van der Waals surface area contributed by atoms with Crippen molar-refractivity contribution in [2.24, 2.45) is 0 Å². The van der Waals surface area contributed by atoms with Crippen molar-refractivity contribution >= 4 is 0 Å². The van der Waals surface area contributed by atoms with E-state index >= 15 is 0 Å². The predicted molar refractivity (Wildman–Crippen MR) is 41.3 cm³/mol. The van der Waals surface area contributed by atoms with Gasteiger partial charge in [-0.05, 0) is 24.5 Å². The van der Waals surface area contributed by atoms with Gasteiger partial charge in [-0.25, -0.2) is 0 Å². The number of aliphatic hydroxyl groups is 1. The van der Waals surface area contributed by atoms with E-state index in [1.807, 2.05) is 0 Å². The predicted octanol–water partition coefficient (Wildman–Crippen LogP) is 0.712. The highest BCUT2D eigenvalue weighted by Crippen LogP contribution is 2.14. The number of aromatic nitrogens is 1. The minimum absolute atomic E-state index is 0.155. The van der Waals surface area contributed by atoms with Crippen molar-refractivity contribution in [2.75, 3.05) is 6.61 Å². The molecular formula is C8H11NO2. The first-order valence-corrected chi connectivity index (χ1v) is 3.57. The third-order valence-electron chi connectivity index (χ3n) is 1.49. The Kier molecular flexibility index (Phi) is 2.86. The molecule has 0 aliphatic heterocycles. The van der Waals surface area contributed by atoms with Crippen LogP contribution in [0.25, 0.3) is 0 Å². The number of aryl methyl sites for hydroxylation is 1. The minimum Gasteiger partial charge on any atom is -0.506 e. The van der Waals surface area contributed by atoms with Gasteiger partial charge in [0.2, 0.25) is 0 Å². The van der Waals surface area contributed by atoms with Crippen LogP contribution >= 0.6 is 0 Å². The molecule has 3 heteroatoms. The van der Waals surface area contributed by atoms with Gasteiger partial charge >= 0.3 is 0 Å². The van der Waals surface area contributed by atoms with E-state index in [0.29, 0.717) is 12.8 Å². The summed E-state index contributed by atoms with van der Waals surface area (Å²) in [6, 6.07) is 1.75. The lowest BCUT2D eigenvalue weighted by Crippen LogP contribution is -1.90. The number of aliphatic hydroxyl groups excluding tert-OH is 1. The van der Waals surface area contributed by atoms with Crippen molar-refractivity contribution in [2.45, 2.75) is 12.8 Å². The van der Waals surface area contributed by atoms with Crippen LogP contribution in [0.5, 0.6) is 5.75 Å². The molecule has 0 aromatic carbocycles. The Bertz CT molecular complexity index is 225. The van der Waals surface area contributed by atoms with E-state index in [9.17, 15) is 5.11 Å². The SMILES string of the molecule is OCCCc1ccncc1O. The smallest absolute Gasteiger partial charge is 0.137 e. The van der Waals surface area contributed by atoms with Crippen LogP contribution in [0, 0.1) is 0 Å². The molecule has 1 heterocycles. The number of hydrogen-bond donors (Lipinski definition) is 2. The van der Waals surface area contributed by atoms with Crippen molar-refractivity contribution in [1.82, 2.24) is 4.98 Å². The molecule has 0 saturated carbocycles. The molecule has 0 saturated heterocycles. The summed E-state index contributed by atoms with van der Waals surface area (Å²) in [6.07, 6.45) is 4.42. The van der Waals surface area contributed by atoms with Crippen molar-refractivity contribution in [1.29, 1.82) is 0 Å². The standard InChI is InChI=1S/C8H11NO2/c10-5-1-2-7-3-4-9-6-8(7)11/h3-4,6,10-11H,1-2,5H2. The molecule has 2 N–H and O–H groups in total. The first-order chi connectivity index (χ1) is 5.34. The molecule has 0 aliphatic rings. The number of pyridine rings is 1. The van der Waals surface area contributed by atoms with E-state index < -0.39 is 0 Å². The van der Waals surface area contributed by atoms with Gasteiger partial charge in [0.1, 0.15) is 5.75 Å². The van der Waals surface area contributed by atoms with Gasteiger partial charge in [-0.1, -0.05) is 0 Å². The Hall–Kier alpha value is -1.09. The Morgan fingerprint density at radius 2 is 2.27 bits per heavy atom. The van der Waals surface area contributed by atoms with Gasteiger partial charge in [-0.15, -0.1) is 0 Å². The summed E-state index contributed by atoms with van der Waals surface area (Å²) in [5.74, 6) is 0.209. The molecule has 0 unspecified atom stereocenters. The summed E-state index contributed by atoms with van der Waals surface area (Å²) in [6.45, 7) is 0.155. The van der Waals surface area contributed by atoms with E-state index in [4.69, 9.17) is 5.11 Å². The number of hydrogen-bond acceptors (Lipinski definition) is 3. The van der Waals surface area contributed by atoms with Crippen LogP contribution in [0.3, 0.4) is 0 Å². The van der Waals surface area contributed by atoms with Crippen LogP contribution in [0.4, 0.5) is 0 Å². The van der Waals surface area contributed by atoms with Gasteiger partial charge in [0, 0.05) is 12.8 Å². The van der Waals surface area contributed by atoms with Gasteiger partial charge in [0.15, 0.2) is 0 Å². The molecule has 3 nitrogen and oxygen atoms in total. The Morgan fingerprint density at radius 1 is 1.45 bits per heavy atom. The highest BCUT2D eigenvalue weighted by Gasteiger charge is 1.97. The van der Waals surface area contributed by atoms with E-state index in [2.05, 4.69) is 4.98 Å². The lowest BCUT2D eigenvalue weighted by molar-refractivity contribution is 0.288. The number of rotatable bonds is 3. The van der Waals surface area contributed by atoms with Crippen LogP contribution < -0.4 is 0 Å². The zero-order valence-electron chi connectivity index (χ0n) is 6.20. The highest BCUT2D eigenvalue weighted by molar-refractivity contribution is 5.27. The van der Waals surface area contributed by atoms with Gasteiger partial charge in [0.05, 0.1) is 6.20 Å². The fraction of sp³-hybridized carbons (Fsp3) is 0.375. The van der Waals surface area contributed by atoms with Crippen LogP contribution in [0.15, 0.2) is 18.5 Å². The number of aromatic hydroxyl groups is 1. The third kappa shape index (κ3) is 2.20. The molecular weight excluding hydrogens is 142 g/mol. The first kappa shape index (κ1) is 8.01. The van der Waals surface area contributed by atoms with Crippen LogP contribution in [0.1, 0.15) is 12.0 Å². The monoisotopic (exact) mass is 153 g/mol. The van der Waals surface area contributed by atoms with E-state index in [1.165, 1.54) is 6.20 Å². The topological polar surface area (TPSA) is 53.4 Å². The average molecular weight is 153 g/mol. The summed E-state index contributed by atoms with van der Waals surface area (Å²) < 4.78 is 0. The van der Waals surface area contributed by atoms with Crippen molar-refractivity contribution in [3.05, 3.63) is 24.0 Å². The minimum atomic E-state index is 0.155. The Balaban J connectivity index is 2.62. The summed E-state index contributed by atoms with van der Waals surface area (Å²) in [4.78, 5) is 3.74. The summed E-state index contributed by atoms with van der Waals surface area (Å²) >= 11 is 0. The van der Waals surface area contributed by atoms with Gasteiger partial charge in [-0.2, -0.15) is 0 Å². The third-order valence-corrected chi connectivity index (χ3v) is 1.49. The Labute approximate surface area is 65.3 Å². The molecule has 1 aromatic heterocycles. The summed E-state index contributed by atoms with van der Waals surface area (Å²) in [7, 11) is 0. The van der Waals surface area contributed by atoms with Crippen molar-refractivity contribution in [3.8, 4) is 5.75 Å². The number of nitrogens with zero attached hydrogens (tertiary/aromatic N) is 1. The van der Waals surface area contributed by atoms with E-state index in [1.54, 1.807) is 12.3 Å². The lowest BCUT2D eigenvalue weighted by atomic mass is 10.1. The van der Waals surface area contributed by atoms with Crippen LogP contribution in [-0.2, 0) is 6.42 Å². The maximum absolute atomic E-state index is 9.19. The lowest BCUT2D eigenvalue weighted by Gasteiger charge is -2.00. The molecule has 1 rings (SSSR count). The van der Waals surface area contributed by atoms with Gasteiger partial charge in [0.25, 0.3) is 0 Å². The summed E-state index contributed by atoms with van der Waals surface area (Å²) in [5.41, 5.74) is 0.842. The summed E-state index contributed by atoms with van der Waals surface area (Å²) in [5, 5.41) is 17.7. The average Bonchev–Trinajstić information content (AvgIpc) is 2.03. The molecule has 0 fully saturated rings. The van der Waals surface area contributed by atoms with E-state index in [0.717, 1.165) is 5.56 Å². The highest BCUT2D eigenvalue weighted by atomic mass is 16.3. The fourth-order valence-electron chi connectivity index (χ4n) is 0.896. The van der Waals surface area contributed by atoms with Gasteiger partial charge in [-0.3, -0.25) is 4.98 Å². The van der Waals surface area contributed by atoms with Crippen LogP contribution in [-0.4, -0.2) is 21.8 Å². The zero-order valence-corrected chi connectivity index (χ0v) is 6.20. The zero-order chi connectivity index (χ0) is 8.10. The quantitative estimate of drug-likeness (QED) is 0.672. The van der Waals surface area contributed by atoms with E-state index in [-0.39, 0.29) is 12.4 Å². The molecule has 0 radical (unpaired) electrons. The maximum atomic E-state index is 9.19. The molecule has 11 heavy (non-hydrogen) atoms. The molecule has 0 aliphatic carbocycles. The fourth-order valence-corrected chi connectivity index (χ4v) is 0.896. The first-order valence-electron chi connectivity index (χ1n) is 3.57. The van der Waals surface area contributed by atoms with Crippen molar-refractivity contribution in [3.63, 3.8) is 0 Å². The molecule has 0 atom stereocenters. The molecule has 1 aromatic rings. The molecule has 0 bridgehead atoms. The molecule has 0 spiro atoms. The van der Waals surface area contributed by atoms with Gasteiger partial charge < -0.3 is 10.2 Å².